The number of aryl methyl sites for hydroxylation is 1. The lowest BCUT2D eigenvalue weighted by Crippen LogP contribution is -2.16. The summed E-state index contributed by atoms with van der Waals surface area (Å²) in [6, 6.07) is 0. The number of hydrogen-bond donors (Lipinski definition) is 2. The number of aromatic nitrogens is 2. The molecule has 0 spiro atoms. The van der Waals surface area contributed by atoms with Gasteiger partial charge in [-0.3, -0.25) is 4.79 Å². The van der Waals surface area contributed by atoms with E-state index in [0.29, 0.717) is 5.82 Å². The Morgan fingerprint density at radius 2 is 2.29 bits per heavy atom. The standard InChI is InChI=1S/C10H16N4O3/c1-3-17-10(16)9-13-7(6-14(9)2)12-8(15)4-5-11/h6H,3-5,11H2,1-2H3,(H,12,15). The van der Waals surface area contributed by atoms with Crippen LogP contribution < -0.4 is 11.1 Å². The average Bonchev–Trinajstić information content (AvgIpc) is 2.60. The third kappa shape index (κ3) is 3.56. The van der Waals surface area contributed by atoms with E-state index in [1.54, 1.807) is 20.2 Å². The number of carbonyl (C=O) groups is 2. The number of rotatable bonds is 5. The zero-order chi connectivity index (χ0) is 12.8. The first-order chi connectivity index (χ1) is 8.08. The summed E-state index contributed by atoms with van der Waals surface area (Å²) >= 11 is 0. The van der Waals surface area contributed by atoms with Crippen molar-refractivity contribution in [2.24, 2.45) is 12.8 Å². The predicted molar refractivity (Wildman–Crippen MR) is 61.5 cm³/mol. The van der Waals surface area contributed by atoms with Gasteiger partial charge < -0.3 is 20.4 Å². The van der Waals surface area contributed by atoms with Crippen LogP contribution >= 0.6 is 0 Å². The normalized spacial score (nSPS) is 10.1. The van der Waals surface area contributed by atoms with Crippen molar-refractivity contribution >= 4 is 17.7 Å². The number of ether oxygens (including phenoxy) is 1. The molecule has 0 saturated carbocycles. The lowest BCUT2D eigenvalue weighted by molar-refractivity contribution is -0.116. The first kappa shape index (κ1) is 13.2. The fourth-order valence-corrected chi connectivity index (χ4v) is 1.25. The Bertz CT molecular complexity index is 414. The van der Waals surface area contributed by atoms with Gasteiger partial charge in [0.2, 0.25) is 11.7 Å². The molecular weight excluding hydrogens is 224 g/mol. The fourth-order valence-electron chi connectivity index (χ4n) is 1.25. The van der Waals surface area contributed by atoms with Crippen LogP contribution in [-0.4, -0.2) is 34.6 Å². The van der Waals surface area contributed by atoms with Crippen molar-refractivity contribution in [3.05, 3.63) is 12.0 Å². The quantitative estimate of drug-likeness (QED) is 0.699. The number of anilines is 1. The third-order valence-electron chi connectivity index (χ3n) is 1.97. The van der Waals surface area contributed by atoms with Gasteiger partial charge in [0.15, 0.2) is 5.82 Å². The Labute approximate surface area is 99.0 Å². The van der Waals surface area contributed by atoms with E-state index in [1.807, 2.05) is 0 Å². The number of hydrogen-bond acceptors (Lipinski definition) is 5. The highest BCUT2D eigenvalue weighted by Crippen LogP contribution is 2.08. The maximum atomic E-state index is 11.5. The van der Waals surface area contributed by atoms with Crippen LogP contribution in [0.25, 0.3) is 0 Å². The van der Waals surface area contributed by atoms with E-state index in [4.69, 9.17) is 10.5 Å². The monoisotopic (exact) mass is 240 g/mol. The van der Waals surface area contributed by atoms with Gasteiger partial charge in [0, 0.05) is 26.2 Å². The summed E-state index contributed by atoms with van der Waals surface area (Å²) in [5.74, 6) is -0.292. The van der Waals surface area contributed by atoms with Gasteiger partial charge in [-0.1, -0.05) is 0 Å². The summed E-state index contributed by atoms with van der Waals surface area (Å²) in [4.78, 5) is 26.7. The molecule has 0 radical (unpaired) electrons. The maximum absolute atomic E-state index is 11.5. The molecule has 0 saturated heterocycles. The average molecular weight is 240 g/mol. The summed E-state index contributed by atoms with van der Waals surface area (Å²) in [6.07, 6.45) is 1.76. The van der Waals surface area contributed by atoms with Crippen molar-refractivity contribution in [1.29, 1.82) is 0 Å². The molecule has 0 unspecified atom stereocenters. The second kappa shape index (κ2) is 6.00. The Kier molecular flexibility index (Phi) is 4.65. The van der Waals surface area contributed by atoms with Crippen molar-refractivity contribution in [3.63, 3.8) is 0 Å². The molecule has 0 aromatic carbocycles. The lowest BCUT2D eigenvalue weighted by atomic mass is 10.4. The largest absolute Gasteiger partial charge is 0.460 e. The lowest BCUT2D eigenvalue weighted by Gasteiger charge is -1.99. The van der Waals surface area contributed by atoms with Gasteiger partial charge in [0.1, 0.15) is 0 Å². The van der Waals surface area contributed by atoms with E-state index in [2.05, 4.69) is 10.3 Å². The molecule has 0 fully saturated rings. The van der Waals surface area contributed by atoms with Crippen LogP contribution in [0.3, 0.4) is 0 Å². The van der Waals surface area contributed by atoms with E-state index < -0.39 is 5.97 Å². The molecule has 3 N–H and O–H groups in total. The molecule has 0 aliphatic rings. The number of amides is 1. The van der Waals surface area contributed by atoms with Gasteiger partial charge in [-0.25, -0.2) is 9.78 Å². The molecule has 17 heavy (non-hydrogen) atoms. The highest BCUT2D eigenvalue weighted by molar-refractivity contribution is 5.91. The summed E-state index contributed by atoms with van der Waals surface area (Å²) < 4.78 is 6.32. The second-order valence-corrected chi connectivity index (χ2v) is 3.37. The molecule has 94 valence electrons. The molecule has 7 nitrogen and oxygen atoms in total. The van der Waals surface area contributed by atoms with Crippen LogP contribution in [0, 0.1) is 0 Å². The third-order valence-corrected chi connectivity index (χ3v) is 1.97. The van der Waals surface area contributed by atoms with Crippen LogP contribution in [0.1, 0.15) is 24.0 Å². The van der Waals surface area contributed by atoms with Gasteiger partial charge in [0.05, 0.1) is 6.61 Å². The van der Waals surface area contributed by atoms with Crippen LogP contribution in [0.4, 0.5) is 5.82 Å². The number of nitrogens with one attached hydrogen (secondary N) is 1. The summed E-state index contributed by atoms with van der Waals surface area (Å²) in [7, 11) is 1.65. The summed E-state index contributed by atoms with van der Waals surface area (Å²) in [5, 5.41) is 2.54. The molecule has 0 bridgehead atoms. The van der Waals surface area contributed by atoms with E-state index in [-0.39, 0.29) is 31.3 Å². The van der Waals surface area contributed by atoms with E-state index >= 15 is 0 Å². The molecule has 0 atom stereocenters. The van der Waals surface area contributed by atoms with Crippen molar-refractivity contribution in [2.75, 3.05) is 18.5 Å². The van der Waals surface area contributed by atoms with Crippen molar-refractivity contribution in [2.45, 2.75) is 13.3 Å². The number of nitrogens with zero attached hydrogens (tertiary/aromatic N) is 2. The SMILES string of the molecule is CCOC(=O)c1nc(NC(=O)CCN)cn1C. The van der Waals surface area contributed by atoms with Gasteiger partial charge >= 0.3 is 5.97 Å². The smallest absolute Gasteiger partial charge is 0.374 e. The van der Waals surface area contributed by atoms with Crippen LogP contribution in [0.15, 0.2) is 6.20 Å². The number of imidazole rings is 1. The molecule has 7 heteroatoms. The predicted octanol–water partition coefficient (Wildman–Crippen LogP) is -0.116. The van der Waals surface area contributed by atoms with Gasteiger partial charge in [0.25, 0.3) is 0 Å². The van der Waals surface area contributed by atoms with E-state index in [9.17, 15) is 9.59 Å². The summed E-state index contributed by atoms with van der Waals surface area (Å²) in [6.45, 7) is 2.26. The molecule has 1 amide bonds. The minimum Gasteiger partial charge on any atom is -0.460 e. The van der Waals surface area contributed by atoms with Gasteiger partial charge in [-0.15, -0.1) is 0 Å². The number of esters is 1. The molecular formula is C10H16N4O3. The van der Waals surface area contributed by atoms with E-state index in [1.165, 1.54) is 4.57 Å². The molecule has 1 rings (SSSR count). The van der Waals surface area contributed by atoms with Crippen molar-refractivity contribution < 1.29 is 14.3 Å². The van der Waals surface area contributed by atoms with E-state index in [0.717, 1.165) is 0 Å². The van der Waals surface area contributed by atoms with Crippen LogP contribution in [-0.2, 0) is 16.6 Å². The molecule has 1 aromatic heterocycles. The van der Waals surface area contributed by atoms with Crippen LogP contribution in [0.2, 0.25) is 0 Å². The molecule has 0 aliphatic heterocycles. The maximum Gasteiger partial charge on any atom is 0.374 e. The Morgan fingerprint density at radius 3 is 2.88 bits per heavy atom. The molecule has 1 aromatic rings. The van der Waals surface area contributed by atoms with Crippen molar-refractivity contribution in [3.8, 4) is 0 Å². The summed E-state index contributed by atoms with van der Waals surface area (Å²) in [5.41, 5.74) is 5.25. The van der Waals surface area contributed by atoms with Crippen molar-refractivity contribution in [1.82, 2.24) is 9.55 Å². The van der Waals surface area contributed by atoms with Gasteiger partial charge in [-0.05, 0) is 6.92 Å². The number of carbonyl (C=O) groups excluding carboxylic acids is 2. The fraction of sp³-hybridized carbons (Fsp3) is 0.500. The first-order valence-corrected chi connectivity index (χ1v) is 5.28. The molecule has 1 heterocycles. The minimum absolute atomic E-state index is 0.148. The zero-order valence-corrected chi connectivity index (χ0v) is 9.90. The van der Waals surface area contributed by atoms with Crippen LogP contribution in [0.5, 0.6) is 0 Å². The topological polar surface area (TPSA) is 99.2 Å². The first-order valence-electron chi connectivity index (χ1n) is 5.28. The minimum atomic E-state index is -0.519. The van der Waals surface area contributed by atoms with Gasteiger partial charge in [-0.2, -0.15) is 0 Å². The number of nitrogens with two attached hydrogens (primary N) is 1. The highest BCUT2D eigenvalue weighted by Gasteiger charge is 2.15. The zero-order valence-electron chi connectivity index (χ0n) is 9.90. The Hall–Kier alpha value is -1.89. The Balaban J connectivity index is 2.74. The second-order valence-electron chi connectivity index (χ2n) is 3.37. The molecule has 0 aliphatic carbocycles. The Morgan fingerprint density at radius 1 is 1.59 bits per heavy atom. The highest BCUT2D eigenvalue weighted by atomic mass is 16.5.